The molecule has 0 amide bonds. The lowest BCUT2D eigenvalue weighted by molar-refractivity contribution is 0.281. The van der Waals surface area contributed by atoms with E-state index in [1.807, 2.05) is 0 Å². The number of benzene rings is 2. The van der Waals surface area contributed by atoms with Gasteiger partial charge in [0.15, 0.2) is 18.2 Å². The average molecular weight is 517 g/mol. The Bertz CT molecular complexity index is 1020. The van der Waals surface area contributed by atoms with E-state index in [0.717, 1.165) is 37.1 Å². The second-order valence-electron chi connectivity index (χ2n) is 10.3. The van der Waals surface area contributed by atoms with Crippen molar-refractivity contribution in [1.82, 2.24) is 0 Å². The lowest BCUT2D eigenvalue weighted by Gasteiger charge is -2.30. The Morgan fingerprint density at radius 3 is 2.24 bits per heavy atom. The second-order valence-corrected chi connectivity index (χ2v) is 17.1. The maximum absolute atomic E-state index is 14.6. The summed E-state index contributed by atoms with van der Waals surface area (Å²) in [6.07, 6.45) is 2.27. The quantitative estimate of drug-likeness (QED) is 0.225. The molecule has 0 aliphatic heterocycles. The number of halogens is 3. The Labute approximate surface area is 203 Å². The monoisotopic (exact) mass is 516 g/mol. The van der Waals surface area contributed by atoms with E-state index in [4.69, 9.17) is 16.0 Å². The minimum absolute atomic E-state index is 0.0406. The molecule has 0 fully saturated rings. The molecule has 2 aromatic rings. The zero-order chi connectivity index (χ0) is 24.9. The molecule has 2 rings (SSSR count). The van der Waals surface area contributed by atoms with Gasteiger partial charge in [0, 0.05) is 17.2 Å². The molecule has 0 radical (unpaired) electrons. The van der Waals surface area contributed by atoms with Gasteiger partial charge < -0.3 is 4.43 Å². The summed E-state index contributed by atoms with van der Waals surface area (Å²) >= 11 is 5.89. The van der Waals surface area contributed by atoms with E-state index >= 15 is 0 Å². The molecular formula is C25H35ClF2O3SSi. The van der Waals surface area contributed by atoms with Crippen molar-refractivity contribution in [2.24, 2.45) is 5.41 Å². The topological polar surface area (TPSA) is 43.4 Å². The minimum Gasteiger partial charge on any atom is -0.417 e. The number of unbranched alkanes of at least 4 members (excludes halogenated alkanes) is 2. The van der Waals surface area contributed by atoms with Crippen LogP contribution in [0.4, 0.5) is 8.78 Å². The van der Waals surface area contributed by atoms with Crippen LogP contribution in [-0.4, -0.2) is 23.3 Å². The lowest BCUT2D eigenvalue weighted by Crippen LogP contribution is -2.35. The molecule has 3 nitrogen and oxygen atoms in total. The summed E-state index contributed by atoms with van der Waals surface area (Å²) in [7, 11) is -5.70. The van der Waals surface area contributed by atoms with Gasteiger partial charge in [-0.3, -0.25) is 0 Å². The van der Waals surface area contributed by atoms with Gasteiger partial charge in [0.05, 0.1) is 10.1 Å². The first-order valence-corrected chi connectivity index (χ1v) is 16.3. The fourth-order valence-corrected chi connectivity index (χ4v) is 9.63. The van der Waals surface area contributed by atoms with Crippen molar-refractivity contribution in [2.75, 3.05) is 6.61 Å². The number of hydrogen-bond donors (Lipinski definition) is 0. The summed E-state index contributed by atoms with van der Waals surface area (Å²) in [6, 6.07) is 9.77. The zero-order valence-corrected chi connectivity index (χ0v) is 22.7. The molecule has 1 unspecified atom stereocenters. The van der Waals surface area contributed by atoms with Crippen molar-refractivity contribution < 1.29 is 21.6 Å². The molecule has 2 aromatic carbocycles. The third kappa shape index (κ3) is 8.78. The SMILES string of the molecule is CC(C)(C)C[Si](C)(C)OCCCCCC(c1cc(F)ccc1F)S(=O)(=O)c1ccc(Cl)cc1. The molecule has 0 N–H and O–H groups in total. The molecule has 184 valence electrons. The normalized spacial score (nSPS) is 13.8. The Balaban J connectivity index is 2.08. The summed E-state index contributed by atoms with van der Waals surface area (Å²) in [4.78, 5) is 0.0406. The third-order valence-corrected chi connectivity index (χ3v) is 10.7. The fraction of sp³-hybridized carbons (Fsp3) is 0.520. The molecule has 0 saturated heterocycles. The van der Waals surface area contributed by atoms with Crippen molar-refractivity contribution in [3.8, 4) is 0 Å². The highest BCUT2D eigenvalue weighted by molar-refractivity contribution is 7.91. The van der Waals surface area contributed by atoms with Gasteiger partial charge in [-0.25, -0.2) is 17.2 Å². The predicted molar refractivity (Wildman–Crippen MR) is 134 cm³/mol. The predicted octanol–water partition coefficient (Wildman–Crippen LogP) is 7.96. The highest BCUT2D eigenvalue weighted by Crippen LogP contribution is 2.36. The van der Waals surface area contributed by atoms with Crippen LogP contribution in [-0.2, 0) is 14.3 Å². The van der Waals surface area contributed by atoms with Gasteiger partial charge in [-0.1, -0.05) is 45.2 Å². The summed E-state index contributed by atoms with van der Waals surface area (Å²) in [6.45, 7) is 11.7. The molecule has 0 bridgehead atoms. The van der Waals surface area contributed by atoms with E-state index in [1.54, 1.807) is 0 Å². The first-order valence-electron chi connectivity index (χ1n) is 11.3. The number of sulfone groups is 1. The van der Waals surface area contributed by atoms with Crippen molar-refractivity contribution in [1.29, 1.82) is 0 Å². The van der Waals surface area contributed by atoms with Gasteiger partial charge in [0.2, 0.25) is 0 Å². The second kappa shape index (κ2) is 11.4. The van der Waals surface area contributed by atoms with Crippen molar-refractivity contribution >= 4 is 29.8 Å². The fourth-order valence-electron chi connectivity index (χ4n) is 4.31. The molecule has 0 aromatic heterocycles. The van der Waals surface area contributed by atoms with Crippen LogP contribution >= 0.6 is 11.6 Å². The number of rotatable bonds is 11. The Morgan fingerprint density at radius 1 is 1.00 bits per heavy atom. The molecule has 1 atom stereocenters. The maximum atomic E-state index is 14.6. The number of hydrogen-bond acceptors (Lipinski definition) is 3. The minimum atomic E-state index is -3.94. The smallest absolute Gasteiger partial charge is 0.187 e. The van der Waals surface area contributed by atoms with Crippen LogP contribution in [0.2, 0.25) is 24.2 Å². The van der Waals surface area contributed by atoms with Crippen LogP contribution in [0, 0.1) is 17.0 Å². The largest absolute Gasteiger partial charge is 0.417 e. The van der Waals surface area contributed by atoms with E-state index in [1.165, 1.54) is 24.3 Å². The van der Waals surface area contributed by atoms with Crippen LogP contribution in [0.5, 0.6) is 0 Å². The van der Waals surface area contributed by atoms with Gasteiger partial charge in [-0.15, -0.1) is 0 Å². The van der Waals surface area contributed by atoms with Crippen LogP contribution in [0.1, 0.15) is 57.3 Å². The standard InChI is InChI=1S/C25H35ClF2O3SSi/c1-25(2,3)18-33(4,5)31-16-8-6-7-9-24(22-17-20(27)12-15-23(22)28)32(29,30)21-13-10-19(26)11-14-21/h10-15,17,24H,6-9,16,18H2,1-5H3. The Morgan fingerprint density at radius 2 is 1.64 bits per heavy atom. The third-order valence-electron chi connectivity index (χ3n) is 5.38. The molecule has 0 heterocycles. The Hall–Kier alpha value is -1.28. The first-order chi connectivity index (χ1) is 15.2. The summed E-state index contributed by atoms with van der Waals surface area (Å²) in [5.41, 5.74) is 0.0773. The lowest BCUT2D eigenvalue weighted by atomic mass is 10.0. The van der Waals surface area contributed by atoms with E-state index in [-0.39, 0.29) is 22.3 Å². The van der Waals surface area contributed by atoms with Gasteiger partial charge in [-0.2, -0.15) is 0 Å². The van der Waals surface area contributed by atoms with Crippen molar-refractivity contribution in [3.05, 3.63) is 64.7 Å². The highest BCUT2D eigenvalue weighted by Gasteiger charge is 2.32. The molecule has 33 heavy (non-hydrogen) atoms. The van der Waals surface area contributed by atoms with Crippen LogP contribution in [0.15, 0.2) is 47.4 Å². The van der Waals surface area contributed by atoms with Crippen LogP contribution in [0.3, 0.4) is 0 Å². The van der Waals surface area contributed by atoms with Crippen molar-refractivity contribution in [2.45, 2.75) is 75.7 Å². The van der Waals surface area contributed by atoms with E-state index in [9.17, 15) is 17.2 Å². The maximum Gasteiger partial charge on any atom is 0.187 e. The highest BCUT2D eigenvalue weighted by atomic mass is 35.5. The van der Waals surface area contributed by atoms with E-state index < -0.39 is 35.0 Å². The molecular weight excluding hydrogens is 482 g/mol. The van der Waals surface area contributed by atoms with Gasteiger partial charge in [-0.05, 0) is 79.9 Å². The molecule has 8 heteroatoms. The van der Waals surface area contributed by atoms with E-state index in [2.05, 4.69) is 33.9 Å². The van der Waals surface area contributed by atoms with Crippen molar-refractivity contribution in [3.63, 3.8) is 0 Å². The van der Waals surface area contributed by atoms with Gasteiger partial charge in [0.1, 0.15) is 11.6 Å². The molecule has 0 aliphatic rings. The summed E-state index contributed by atoms with van der Waals surface area (Å²) in [5.74, 6) is -1.39. The van der Waals surface area contributed by atoms with Gasteiger partial charge in [0.25, 0.3) is 0 Å². The molecule has 0 aliphatic carbocycles. The van der Waals surface area contributed by atoms with E-state index in [0.29, 0.717) is 18.1 Å². The van der Waals surface area contributed by atoms with Crippen LogP contribution < -0.4 is 0 Å². The first kappa shape index (κ1) is 28.0. The van der Waals surface area contributed by atoms with Crippen LogP contribution in [0.25, 0.3) is 0 Å². The molecule has 0 spiro atoms. The molecule has 0 saturated carbocycles. The van der Waals surface area contributed by atoms with Gasteiger partial charge >= 0.3 is 0 Å². The zero-order valence-electron chi connectivity index (χ0n) is 20.1. The summed E-state index contributed by atoms with van der Waals surface area (Å²) < 4.78 is 61.3. The summed E-state index contributed by atoms with van der Waals surface area (Å²) in [5, 5.41) is -0.776. The Kier molecular flexibility index (Phi) is 9.68. The average Bonchev–Trinajstić information content (AvgIpc) is 2.68.